The third-order valence-corrected chi connectivity index (χ3v) is 1.99. The van der Waals surface area contributed by atoms with E-state index >= 15 is 0 Å². The molecule has 0 saturated carbocycles. The Bertz CT molecular complexity index is 272. The molecule has 0 bridgehead atoms. The van der Waals surface area contributed by atoms with E-state index < -0.39 is 0 Å². The van der Waals surface area contributed by atoms with Gasteiger partial charge in [0.1, 0.15) is 5.78 Å². The predicted molar refractivity (Wildman–Crippen MR) is 56.1 cm³/mol. The largest absolute Gasteiger partial charge is 0.320 e. The predicted octanol–water partition coefficient (Wildman–Crippen LogP) is 1.19. The molecule has 3 nitrogen and oxygen atoms in total. The molecule has 0 spiro atoms. The summed E-state index contributed by atoms with van der Waals surface area (Å²) in [6, 6.07) is 5.65. The van der Waals surface area contributed by atoms with Crippen molar-refractivity contribution in [1.82, 2.24) is 10.3 Å². The highest BCUT2D eigenvalue weighted by Gasteiger charge is 2.03. The maximum Gasteiger partial charge on any atom is 0.138 e. The zero-order valence-corrected chi connectivity index (χ0v) is 8.49. The number of rotatable bonds is 6. The number of hydrogen-bond acceptors (Lipinski definition) is 3. The van der Waals surface area contributed by atoms with Gasteiger partial charge in [-0.2, -0.15) is 0 Å². The fraction of sp³-hybridized carbons (Fsp3) is 0.455. The third kappa shape index (κ3) is 4.14. The molecule has 1 rings (SSSR count). The summed E-state index contributed by atoms with van der Waals surface area (Å²) in [6.07, 6.45) is 3.72. The Morgan fingerprint density at radius 2 is 2.36 bits per heavy atom. The van der Waals surface area contributed by atoms with Gasteiger partial charge in [-0.15, -0.1) is 0 Å². The average molecular weight is 192 g/mol. The van der Waals surface area contributed by atoms with Crippen LogP contribution in [0, 0.1) is 0 Å². The first kappa shape index (κ1) is 10.9. The van der Waals surface area contributed by atoms with E-state index in [2.05, 4.69) is 10.3 Å². The van der Waals surface area contributed by atoms with Crippen molar-refractivity contribution >= 4 is 5.78 Å². The summed E-state index contributed by atoms with van der Waals surface area (Å²) >= 11 is 0. The van der Waals surface area contributed by atoms with Gasteiger partial charge in [-0.25, -0.2) is 0 Å². The lowest BCUT2D eigenvalue weighted by Crippen LogP contribution is -2.11. The lowest BCUT2D eigenvalue weighted by atomic mass is 10.1. The molecule has 14 heavy (non-hydrogen) atoms. The highest BCUT2D eigenvalue weighted by atomic mass is 16.1. The Hall–Kier alpha value is -1.22. The molecule has 0 radical (unpaired) electrons. The number of nitrogens with zero attached hydrogens (tertiary/aromatic N) is 1. The molecule has 0 aliphatic carbocycles. The second-order valence-electron chi connectivity index (χ2n) is 3.24. The Morgan fingerprint density at radius 1 is 1.50 bits per heavy atom. The molecule has 3 heteroatoms. The standard InChI is InChI=1S/C11H16N2O/c1-12-7-4-6-11(14)9-10-5-2-3-8-13-10/h2-3,5,8,12H,4,6-7,9H2,1H3. The Labute approximate surface area is 84.6 Å². The molecule has 0 fully saturated rings. The summed E-state index contributed by atoms with van der Waals surface area (Å²) < 4.78 is 0. The number of carbonyl (C=O) groups is 1. The Kier molecular flexibility index (Phi) is 4.86. The van der Waals surface area contributed by atoms with Crippen molar-refractivity contribution in [2.45, 2.75) is 19.3 Å². The van der Waals surface area contributed by atoms with Gasteiger partial charge in [-0.1, -0.05) is 6.07 Å². The van der Waals surface area contributed by atoms with E-state index in [9.17, 15) is 4.79 Å². The summed E-state index contributed by atoms with van der Waals surface area (Å²) in [7, 11) is 1.89. The highest BCUT2D eigenvalue weighted by molar-refractivity contribution is 5.80. The highest BCUT2D eigenvalue weighted by Crippen LogP contribution is 1.99. The van der Waals surface area contributed by atoms with Gasteiger partial charge < -0.3 is 5.32 Å². The smallest absolute Gasteiger partial charge is 0.138 e. The molecule has 0 aliphatic rings. The van der Waals surface area contributed by atoms with E-state index in [0.717, 1.165) is 18.7 Å². The molecule has 1 N–H and O–H groups in total. The van der Waals surface area contributed by atoms with Crippen LogP contribution in [-0.4, -0.2) is 24.4 Å². The van der Waals surface area contributed by atoms with E-state index in [0.29, 0.717) is 12.8 Å². The minimum absolute atomic E-state index is 0.263. The van der Waals surface area contributed by atoms with Crippen molar-refractivity contribution in [3.05, 3.63) is 30.1 Å². The zero-order chi connectivity index (χ0) is 10.2. The molecule has 1 aromatic rings. The normalized spacial score (nSPS) is 10.1. The van der Waals surface area contributed by atoms with Crippen LogP contribution < -0.4 is 5.32 Å². The first-order chi connectivity index (χ1) is 6.83. The average Bonchev–Trinajstić information content (AvgIpc) is 2.20. The number of ketones is 1. The van der Waals surface area contributed by atoms with Gasteiger partial charge in [-0.05, 0) is 32.1 Å². The van der Waals surface area contributed by atoms with Crippen molar-refractivity contribution in [3.8, 4) is 0 Å². The summed E-state index contributed by atoms with van der Waals surface area (Å²) in [5, 5.41) is 3.02. The molecule has 0 amide bonds. The summed E-state index contributed by atoms with van der Waals surface area (Å²) in [5.41, 5.74) is 0.863. The van der Waals surface area contributed by atoms with Crippen molar-refractivity contribution in [2.24, 2.45) is 0 Å². The van der Waals surface area contributed by atoms with Crippen LogP contribution in [-0.2, 0) is 11.2 Å². The molecule has 76 valence electrons. The van der Waals surface area contributed by atoms with E-state index in [4.69, 9.17) is 0 Å². The summed E-state index contributed by atoms with van der Waals surface area (Å²) in [6.45, 7) is 0.897. The lowest BCUT2D eigenvalue weighted by Gasteiger charge is -2.00. The van der Waals surface area contributed by atoms with Crippen molar-refractivity contribution in [2.75, 3.05) is 13.6 Å². The van der Waals surface area contributed by atoms with Crippen molar-refractivity contribution in [1.29, 1.82) is 0 Å². The van der Waals surface area contributed by atoms with Gasteiger partial charge in [0, 0.05) is 24.7 Å². The van der Waals surface area contributed by atoms with Gasteiger partial charge in [0.15, 0.2) is 0 Å². The van der Waals surface area contributed by atoms with Crippen LogP contribution in [0.5, 0.6) is 0 Å². The SMILES string of the molecule is CNCCCC(=O)Cc1ccccn1. The first-order valence-corrected chi connectivity index (χ1v) is 4.89. The number of carbonyl (C=O) groups excluding carboxylic acids is 1. The van der Waals surface area contributed by atoms with Crippen LogP contribution >= 0.6 is 0 Å². The van der Waals surface area contributed by atoms with Gasteiger partial charge in [0.25, 0.3) is 0 Å². The van der Waals surface area contributed by atoms with Crippen LogP contribution in [0.2, 0.25) is 0 Å². The minimum Gasteiger partial charge on any atom is -0.320 e. The van der Waals surface area contributed by atoms with Gasteiger partial charge in [0.2, 0.25) is 0 Å². The number of aromatic nitrogens is 1. The topological polar surface area (TPSA) is 42.0 Å². The van der Waals surface area contributed by atoms with Gasteiger partial charge in [0.05, 0.1) is 0 Å². The molecule has 0 aliphatic heterocycles. The van der Waals surface area contributed by atoms with Crippen LogP contribution in [0.3, 0.4) is 0 Å². The lowest BCUT2D eigenvalue weighted by molar-refractivity contribution is -0.118. The number of pyridine rings is 1. The van der Waals surface area contributed by atoms with Crippen molar-refractivity contribution in [3.63, 3.8) is 0 Å². The molecule has 0 saturated heterocycles. The monoisotopic (exact) mass is 192 g/mol. The maximum atomic E-state index is 11.4. The quantitative estimate of drug-likeness (QED) is 0.688. The molecule has 1 aromatic heterocycles. The number of Topliss-reactive ketones (excluding diaryl/α,β-unsaturated/α-hetero) is 1. The van der Waals surface area contributed by atoms with Crippen LogP contribution in [0.15, 0.2) is 24.4 Å². The van der Waals surface area contributed by atoms with Crippen molar-refractivity contribution < 1.29 is 4.79 Å². The first-order valence-electron chi connectivity index (χ1n) is 4.89. The second-order valence-corrected chi connectivity index (χ2v) is 3.24. The molecule has 1 heterocycles. The number of nitrogens with one attached hydrogen (secondary N) is 1. The van der Waals surface area contributed by atoms with Gasteiger partial charge >= 0.3 is 0 Å². The van der Waals surface area contributed by atoms with E-state index in [1.165, 1.54) is 0 Å². The maximum absolute atomic E-state index is 11.4. The third-order valence-electron chi connectivity index (χ3n) is 1.99. The zero-order valence-electron chi connectivity index (χ0n) is 8.49. The van der Waals surface area contributed by atoms with Crippen LogP contribution in [0.25, 0.3) is 0 Å². The molecular formula is C11H16N2O. The fourth-order valence-corrected chi connectivity index (χ4v) is 1.26. The molecular weight excluding hydrogens is 176 g/mol. The van der Waals surface area contributed by atoms with E-state index in [1.807, 2.05) is 25.2 Å². The Morgan fingerprint density at radius 3 is 3.00 bits per heavy atom. The van der Waals surface area contributed by atoms with Gasteiger partial charge in [-0.3, -0.25) is 9.78 Å². The molecule has 0 unspecified atom stereocenters. The van der Waals surface area contributed by atoms with Crippen LogP contribution in [0.1, 0.15) is 18.5 Å². The molecule has 0 atom stereocenters. The fourth-order valence-electron chi connectivity index (χ4n) is 1.26. The number of hydrogen-bond donors (Lipinski definition) is 1. The Balaban J connectivity index is 2.27. The second kappa shape index (κ2) is 6.27. The molecule has 0 aromatic carbocycles. The summed E-state index contributed by atoms with van der Waals surface area (Å²) in [5.74, 6) is 0.263. The van der Waals surface area contributed by atoms with E-state index in [1.54, 1.807) is 6.20 Å². The minimum atomic E-state index is 0.263. The van der Waals surface area contributed by atoms with Crippen LogP contribution in [0.4, 0.5) is 0 Å². The van der Waals surface area contributed by atoms with E-state index in [-0.39, 0.29) is 5.78 Å². The summed E-state index contributed by atoms with van der Waals surface area (Å²) in [4.78, 5) is 15.5.